The number of oxime groups is 1. The van der Waals surface area contributed by atoms with Crippen molar-refractivity contribution in [2.45, 2.75) is 26.6 Å². The molecule has 0 rings (SSSR count). The lowest BCUT2D eigenvalue weighted by molar-refractivity contribution is -0.174. The molecule has 0 saturated heterocycles. The predicted molar refractivity (Wildman–Crippen MR) is 70.9 cm³/mol. The highest BCUT2D eigenvalue weighted by atomic mass is 79.9. The lowest BCUT2D eigenvalue weighted by Gasteiger charge is -2.30. The first kappa shape index (κ1) is 17.3. The number of ether oxygens (including phenoxy) is 3. The van der Waals surface area contributed by atoms with E-state index in [4.69, 9.17) is 14.2 Å². The topological polar surface area (TPSA) is 66.4 Å². The molecule has 0 aliphatic heterocycles. The molecule has 0 amide bonds. The molecule has 0 aromatic rings. The molecule has 0 spiro atoms. The first-order valence-electron chi connectivity index (χ1n) is 5.74. The number of esters is 1. The average molecular weight is 326 g/mol. The number of nitrogens with zero attached hydrogens (tertiary/aromatic N) is 1. The first-order chi connectivity index (χ1) is 8.61. The number of hydrogen-bond acceptors (Lipinski definition) is 6. The van der Waals surface area contributed by atoms with Crippen LogP contribution in [0.5, 0.6) is 0 Å². The van der Waals surface area contributed by atoms with E-state index in [1.54, 1.807) is 20.8 Å². The molecule has 0 N–H and O–H groups in total. The van der Waals surface area contributed by atoms with Crippen molar-refractivity contribution in [2.75, 3.05) is 32.3 Å². The molecule has 0 aliphatic rings. The van der Waals surface area contributed by atoms with Crippen molar-refractivity contribution in [2.24, 2.45) is 5.16 Å². The summed E-state index contributed by atoms with van der Waals surface area (Å²) < 4.78 is 16.0. The Morgan fingerprint density at radius 3 is 2.06 bits per heavy atom. The van der Waals surface area contributed by atoms with Gasteiger partial charge in [-0.05, 0) is 20.8 Å². The third-order valence-electron chi connectivity index (χ3n) is 1.94. The molecular formula is C11H20BrNO5. The van der Waals surface area contributed by atoms with Crippen molar-refractivity contribution < 1.29 is 23.8 Å². The van der Waals surface area contributed by atoms with Crippen molar-refractivity contribution in [3.8, 4) is 0 Å². The maximum Gasteiger partial charge on any atom is 0.361 e. The van der Waals surface area contributed by atoms with Crippen LogP contribution in [0.3, 0.4) is 0 Å². The van der Waals surface area contributed by atoms with Crippen LogP contribution in [0.2, 0.25) is 0 Å². The minimum Gasteiger partial charge on any atom is -0.461 e. The quantitative estimate of drug-likeness (QED) is 0.212. The van der Waals surface area contributed by atoms with E-state index in [0.29, 0.717) is 13.2 Å². The summed E-state index contributed by atoms with van der Waals surface area (Å²) in [5, 5.41) is 3.92. The van der Waals surface area contributed by atoms with Crippen molar-refractivity contribution >= 4 is 27.6 Å². The molecule has 18 heavy (non-hydrogen) atoms. The van der Waals surface area contributed by atoms with Crippen LogP contribution in [0.4, 0.5) is 0 Å². The van der Waals surface area contributed by atoms with Gasteiger partial charge in [-0.25, -0.2) is 4.79 Å². The van der Waals surface area contributed by atoms with Crippen molar-refractivity contribution in [1.29, 1.82) is 0 Å². The van der Waals surface area contributed by atoms with Gasteiger partial charge >= 0.3 is 5.97 Å². The van der Waals surface area contributed by atoms with Crippen LogP contribution >= 0.6 is 15.9 Å². The van der Waals surface area contributed by atoms with Gasteiger partial charge < -0.3 is 19.0 Å². The Balaban J connectivity index is 5.32. The molecule has 0 radical (unpaired) electrons. The molecule has 6 nitrogen and oxygen atoms in total. The van der Waals surface area contributed by atoms with Gasteiger partial charge in [0, 0.05) is 13.2 Å². The highest BCUT2D eigenvalue weighted by molar-refractivity contribution is 9.09. The Labute approximate surface area is 116 Å². The van der Waals surface area contributed by atoms with Crippen LogP contribution in [0.1, 0.15) is 20.8 Å². The number of carbonyl (C=O) groups excluding carboxylic acids is 1. The van der Waals surface area contributed by atoms with E-state index in [2.05, 4.69) is 25.9 Å². The highest BCUT2D eigenvalue weighted by Crippen LogP contribution is 2.20. The number of carbonyl (C=O) groups is 1. The third kappa shape index (κ3) is 4.55. The minimum absolute atomic E-state index is 0.0487. The highest BCUT2D eigenvalue weighted by Gasteiger charge is 2.43. The van der Waals surface area contributed by atoms with Gasteiger partial charge in [0.2, 0.25) is 11.5 Å². The fourth-order valence-corrected chi connectivity index (χ4v) is 1.93. The van der Waals surface area contributed by atoms with E-state index in [9.17, 15) is 4.79 Å². The summed E-state index contributed by atoms with van der Waals surface area (Å²) in [6.07, 6.45) is 0. The smallest absolute Gasteiger partial charge is 0.361 e. The summed E-state index contributed by atoms with van der Waals surface area (Å²) in [6, 6.07) is 0. The molecule has 0 aliphatic carbocycles. The van der Waals surface area contributed by atoms with Gasteiger partial charge in [-0.3, -0.25) is 0 Å². The van der Waals surface area contributed by atoms with Gasteiger partial charge in [0.1, 0.15) is 7.11 Å². The standard InChI is InChI=1S/C11H20BrNO5/c1-5-16-10(14)9(13-15-4)11(8-12,17-6-2)18-7-3/h5-8H2,1-4H3. The summed E-state index contributed by atoms with van der Waals surface area (Å²) >= 11 is 3.27. The first-order valence-corrected chi connectivity index (χ1v) is 6.86. The van der Waals surface area contributed by atoms with Gasteiger partial charge in [0.05, 0.1) is 11.9 Å². The predicted octanol–water partition coefficient (Wildman–Crippen LogP) is 1.72. The van der Waals surface area contributed by atoms with Gasteiger partial charge in [-0.15, -0.1) is 0 Å². The van der Waals surface area contributed by atoms with E-state index in [1.165, 1.54) is 7.11 Å². The fourth-order valence-electron chi connectivity index (χ4n) is 1.34. The molecule has 0 atom stereocenters. The van der Waals surface area contributed by atoms with Crippen LogP contribution in [0.25, 0.3) is 0 Å². The fraction of sp³-hybridized carbons (Fsp3) is 0.818. The van der Waals surface area contributed by atoms with Crippen LogP contribution < -0.4 is 0 Å². The molecule has 7 heteroatoms. The maximum absolute atomic E-state index is 11.9. The van der Waals surface area contributed by atoms with Crippen molar-refractivity contribution in [1.82, 2.24) is 0 Å². The van der Waals surface area contributed by atoms with Gasteiger partial charge in [0.15, 0.2) is 0 Å². The van der Waals surface area contributed by atoms with E-state index < -0.39 is 11.8 Å². The van der Waals surface area contributed by atoms with Crippen LogP contribution in [0, 0.1) is 0 Å². The largest absolute Gasteiger partial charge is 0.461 e. The lowest BCUT2D eigenvalue weighted by atomic mass is 10.2. The van der Waals surface area contributed by atoms with E-state index in [0.717, 1.165) is 0 Å². The average Bonchev–Trinajstić information content (AvgIpc) is 2.36. The summed E-state index contributed by atoms with van der Waals surface area (Å²) in [5.74, 6) is -1.92. The summed E-state index contributed by atoms with van der Waals surface area (Å²) in [4.78, 5) is 16.6. The summed E-state index contributed by atoms with van der Waals surface area (Å²) in [7, 11) is 1.34. The second-order valence-corrected chi connectivity index (χ2v) is 3.66. The van der Waals surface area contributed by atoms with E-state index in [-0.39, 0.29) is 17.6 Å². The molecule has 0 aromatic carbocycles. The molecule has 0 unspecified atom stereocenters. The third-order valence-corrected chi connectivity index (χ3v) is 2.68. The zero-order valence-corrected chi connectivity index (χ0v) is 12.8. The number of alkyl halides is 1. The molecule has 0 aromatic heterocycles. The number of hydrogen-bond donors (Lipinski definition) is 0. The minimum atomic E-state index is -1.30. The van der Waals surface area contributed by atoms with Crippen LogP contribution in [-0.4, -0.2) is 49.7 Å². The van der Waals surface area contributed by atoms with Crippen LogP contribution in [-0.2, 0) is 23.8 Å². The van der Waals surface area contributed by atoms with Gasteiger partial charge in [-0.1, -0.05) is 21.1 Å². The zero-order chi connectivity index (χ0) is 14.0. The second-order valence-electron chi connectivity index (χ2n) is 3.10. The number of halogens is 1. The molecule has 0 bridgehead atoms. The van der Waals surface area contributed by atoms with E-state index >= 15 is 0 Å². The lowest BCUT2D eigenvalue weighted by Crippen LogP contribution is -2.50. The molecule has 0 heterocycles. The Morgan fingerprint density at radius 2 is 1.72 bits per heavy atom. The Hall–Kier alpha value is -0.660. The summed E-state index contributed by atoms with van der Waals surface area (Å²) in [5.41, 5.74) is -0.0487. The number of rotatable bonds is 9. The molecule has 106 valence electrons. The van der Waals surface area contributed by atoms with Crippen molar-refractivity contribution in [3.63, 3.8) is 0 Å². The Morgan fingerprint density at radius 1 is 1.17 bits per heavy atom. The molecular weight excluding hydrogens is 306 g/mol. The normalized spacial score (nSPS) is 12.4. The maximum atomic E-state index is 11.9. The molecule has 0 saturated carbocycles. The molecule has 0 fully saturated rings. The van der Waals surface area contributed by atoms with Crippen molar-refractivity contribution in [3.05, 3.63) is 0 Å². The SMILES string of the molecule is CCOC(=O)C(=NOC)C(CBr)(OCC)OCC. The van der Waals surface area contributed by atoms with Crippen LogP contribution in [0.15, 0.2) is 5.16 Å². The van der Waals surface area contributed by atoms with E-state index in [1.807, 2.05) is 0 Å². The monoisotopic (exact) mass is 325 g/mol. The Bertz CT molecular complexity index is 277. The second kappa shape index (κ2) is 9.29. The van der Waals surface area contributed by atoms with Gasteiger partial charge in [-0.2, -0.15) is 0 Å². The Kier molecular flexibility index (Phi) is 8.95. The van der Waals surface area contributed by atoms with Gasteiger partial charge in [0.25, 0.3) is 0 Å². The summed E-state index contributed by atoms with van der Waals surface area (Å²) in [6.45, 7) is 6.25. The zero-order valence-electron chi connectivity index (χ0n) is 11.2.